The Bertz CT molecular complexity index is 626. The Kier molecular flexibility index (Phi) is 11.1. The van der Waals surface area contributed by atoms with Crippen LogP contribution in [-0.4, -0.2) is 48.5 Å². The van der Waals surface area contributed by atoms with Gasteiger partial charge in [-0.1, -0.05) is 37.3 Å². The molecule has 0 saturated carbocycles. The van der Waals surface area contributed by atoms with Crippen molar-refractivity contribution in [2.45, 2.75) is 58.1 Å². The van der Waals surface area contributed by atoms with E-state index >= 15 is 0 Å². The summed E-state index contributed by atoms with van der Waals surface area (Å²) in [6.45, 7) is 7.16. The first-order valence-corrected chi connectivity index (χ1v) is 10.6. The highest BCUT2D eigenvalue weighted by Crippen LogP contribution is 2.13. The van der Waals surface area contributed by atoms with Gasteiger partial charge >= 0.3 is 12.1 Å². The molecule has 0 aliphatic heterocycles. The summed E-state index contributed by atoms with van der Waals surface area (Å²) in [6.07, 6.45) is -1.10. The van der Waals surface area contributed by atoms with Gasteiger partial charge in [-0.3, -0.25) is 4.79 Å². The van der Waals surface area contributed by atoms with Crippen molar-refractivity contribution in [3.63, 3.8) is 0 Å². The van der Waals surface area contributed by atoms with Crippen LogP contribution in [0.15, 0.2) is 30.3 Å². The summed E-state index contributed by atoms with van der Waals surface area (Å²) in [5.41, 5.74) is 1.13. The molecule has 7 nitrogen and oxygen atoms in total. The van der Waals surface area contributed by atoms with E-state index in [1.165, 1.54) is 18.7 Å². The lowest BCUT2D eigenvalue weighted by molar-refractivity contribution is -0.152. The van der Waals surface area contributed by atoms with Gasteiger partial charge in [-0.15, -0.1) is 0 Å². The molecule has 0 heterocycles. The largest absolute Gasteiger partial charge is 0.463 e. The number of benzene rings is 1. The minimum atomic E-state index is -1.05. The van der Waals surface area contributed by atoms with E-state index in [-0.39, 0.29) is 18.6 Å². The normalized spacial score (nSPS) is 13.7. The Hall–Kier alpha value is -2.22. The van der Waals surface area contributed by atoms with Gasteiger partial charge in [0.25, 0.3) is 0 Å². The molecule has 1 aromatic rings. The number of hydrogen-bond donors (Lipinski definition) is 2. The van der Waals surface area contributed by atoms with E-state index in [0.29, 0.717) is 11.5 Å². The van der Waals surface area contributed by atoms with Gasteiger partial charge in [0.1, 0.15) is 6.04 Å². The number of hydrogen-bond acceptors (Lipinski definition) is 6. The van der Waals surface area contributed by atoms with Crippen LogP contribution in [0.5, 0.6) is 0 Å². The van der Waals surface area contributed by atoms with E-state index in [0.717, 1.165) is 12.0 Å². The molecule has 156 valence electrons. The molecule has 1 unspecified atom stereocenters. The standard InChI is InChI=1S/C20H30N2O5S/c1-5-14(3)21-18(23)17(13-28-12-16-10-8-7-9-11-16)22-20(25)27-15(4)19(24)26-6-2/h7-11,14-15,17H,5-6,12-13H2,1-4H3,(H,21,23)(H,22,25)/t14?,15-,17-/m0/s1. The van der Waals surface area contributed by atoms with Crippen LogP contribution in [0.25, 0.3) is 0 Å². The third-order valence-corrected chi connectivity index (χ3v) is 5.01. The maximum absolute atomic E-state index is 12.5. The number of ether oxygens (including phenoxy) is 2. The Morgan fingerprint density at radius 1 is 1.07 bits per heavy atom. The van der Waals surface area contributed by atoms with Crippen LogP contribution in [0.3, 0.4) is 0 Å². The molecule has 2 N–H and O–H groups in total. The second-order valence-corrected chi connectivity index (χ2v) is 7.35. The van der Waals surface area contributed by atoms with Crippen molar-refractivity contribution >= 4 is 29.7 Å². The average molecular weight is 411 g/mol. The van der Waals surface area contributed by atoms with Gasteiger partial charge < -0.3 is 20.1 Å². The highest BCUT2D eigenvalue weighted by molar-refractivity contribution is 7.98. The molecule has 0 spiro atoms. The minimum absolute atomic E-state index is 0.00889. The first kappa shape index (κ1) is 23.8. The monoisotopic (exact) mass is 410 g/mol. The van der Waals surface area contributed by atoms with Gasteiger partial charge in [0.05, 0.1) is 6.61 Å². The summed E-state index contributed by atoms with van der Waals surface area (Å²) in [4.78, 5) is 36.3. The molecule has 1 aromatic carbocycles. The summed E-state index contributed by atoms with van der Waals surface area (Å²) >= 11 is 1.53. The van der Waals surface area contributed by atoms with Crippen molar-refractivity contribution in [1.82, 2.24) is 10.6 Å². The fraction of sp³-hybridized carbons (Fsp3) is 0.550. The fourth-order valence-corrected chi connectivity index (χ4v) is 3.16. The third kappa shape index (κ3) is 9.12. The van der Waals surface area contributed by atoms with E-state index in [1.54, 1.807) is 6.92 Å². The summed E-state index contributed by atoms with van der Waals surface area (Å²) in [5, 5.41) is 5.42. The molecule has 0 radical (unpaired) electrons. The van der Waals surface area contributed by atoms with Crippen LogP contribution in [0.1, 0.15) is 39.7 Å². The number of carbonyl (C=O) groups is 3. The zero-order chi connectivity index (χ0) is 20.9. The van der Waals surface area contributed by atoms with Crippen molar-refractivity contribution < 1.29 is 23.9 Å². The van der Waals surface area contributed by atoms with Crippen molar-refractivity contribution in [1.29, 1.82) is 0 Å². The molecular weight excluding hydrogens is 380 g/mol. The molecule has 2 amide bonds. The molecule has 0 saturated heterocycles. The summed E-state index contributed by atoms with van der Waals surface area (Å²) in [5.74, 6) is 0.177. The second kappa shape index (κ2) is 13.0. The van der Waals surface area contributed by atoms with E-state index < -0.39 is 24.2 Å². The summed E-state index contributed by atoms with van der Waals surface area (Å²) < 4.78 is 9.84. The SMILES string of the molecule is CCOC(=O)[C@H](C)OC(=O)N[C@@H](CSCc1ccccc1)C(=O)NC(C)CC. The number of alkyl carbamates (subject to hydrolysis) is 1. The van der Waals surface area contributed by atoms with Gasteiger partial charge in [0, 0.05) is 17.5 Å². The van der Waals surface area contributed by atoms with Crippen LogP contribution < -0.4 is 10.6 Å². The maximum atomic E-state index is 12.5. The van der Waals surface area contributed by atoms with Crippen LogP contribution >= 0.6 is 11.8 Å². The van der Waals surface area contributed by atoms with Crippen LogP contribution in [-0.2, 0) is 24.8 Å². The lowest BCUT2D eigenvalue weighted by atomic mass is 10.2. The predicted octanol–water partition coefficient (Wildman–Crippen LogP) is 2.88. The summed E-state index contributed by atoms with van der Waals surface area (Å²) in [7, 11) is 0. The first-order chi connectivity index (χ1) is 13.4. The average Bonchev–Trinajstić information content (AvgIpc) is 2.67. The lowest BCUT2D eigenvalue weighted by Crippen LogP contribution is -2.51. The highest BCUT2D eigenvalue weighted by Gasteiger charge is 2.25. The van der Waals surface area contributed by atoms with Crippen LogP contribution in [0.4, 0.5) is 4.79 Å². The van der Waals surface area contributed by atoms with E-state index in [2.05, 4.69) is 10.6 Å². The highest BCUT2D eigenvalue weighted by atomic mass is 32.2. The Morgan fingerprint density at radius 2 is 1.75 bits per heavy atom. The number of carbonyl (C=O) groups excluding carboxylic acids is 3. The number of esters is 1. The smallest absolute Gasteiger partial charge is 0.408 e. The maximum Gasteiger partial charge on any atom is 0.408 e. The number of thioether (sulfide) groups is 1. The van der Waals surface area contributed by atoms with Crippen LogP contribution in [0, 0.1) is 0 Å². The Morgan fingerprint density at radius 3 is 2.36 bits per heavy atom. The predicted molar refractivity (Wildman–Crippen MR) is 110 cm³/mol. The summed E-state index contributed by atoms with van der Waals surface area (Å²) in [6, 6.07) is 9.08. The Balaban J connectivity index is 2.64. The van der Waals surface area contributed by atoms with Gasteiger partial charge in [-0.2, -0.15) is 11.8 Å². The molecule has 0 fully saturated rings. The van der Waals surface area contributed by atoms with Crippen molar-refractivity contribution in [3.8, 4) is 0 Å². The molecule has 1 rings (SSSR count). The zero-order valence-electron chi connectivity index (χ0n) is 16.9. The first-order valence-electron chi connectivity index (χ1n) is 9.43. The van der Waals surface area contributed by atoms with Crippen LogP contribution in [0.2, 0.25) is 0 Å². The zero-order valence-corrected chi connectivity index (χ0v) is 17.7. The van der Waals surface area contributed by atoms with E-state index in [4.69, 9.17) is 9.47 Å². The topological polar surface area (TPSA) is 93.7 Å². The number of rotatable bonds is 11. The number of amides is 2. The number of nitrogens with one attached hydrogen (secondary N) is 2. The molecule has 8 heteroatoms. The quantitative estimate of drug-likeness (QED) is 0.545. The van der Waals surface area contributed by atoms with Gasteiger partial charge in [-0.25, -0.2) is 9.59 Å². The van der Waals surface area contributed by atoms with E-state index in [1.807, 2.05) is 44.2 Å². The van der Waals surface area contributed by atoms with Crippen molar-refractivity contribution in [3.05, 3.63) is 35.9 Å². The molecule has 0 aromatic heterocycles. The third-order valence-electron chi connectivity index (χ3n) is 3.91. The molecule has 3 atom stereocenters. The van der Waals surface area contributed by atoms with Gasteiger partial charge in [0.2, 0.25) is 5.91 Å². The molecule has 0 aliphatic carbocycles. The van der Waals surface area contributed by atoms with Crippen molar-refractivity contribution in [2.75, 3.05) is 12.4 Å². The Labute approximate surface area is 170 Å². The molecule has 28 heavy (non-hydrogen) atoms. The lowest BCUT2D eigenvalue weighted by Gasteiger charge is -2.21. The minimum Gasteiger partial charge on any atom is -0.463 e. The molecule has 0 aliphatic rings. The molecule has 0 bridgehead atoms. The van der Waals surface area contributed by atoms with Gasteiger partial charge in [0.15, 0.2) is 6.10 Å². The van der Waals surface area contributed by atoms with Crippen molar-refractivity contribution in [2.24, 2.45) is 0 Å². The second-order valence-electron chi connectivity index (χ2n) is 6.32. The molecular formula is C20H30N2O5S. The fourth-order valence-electron chi connectivity index (χ4n) is 2.14. The van der Waals surface area contributed by atoms with Gasteiger partial charge in [-0.05, 0) is 32.8 Å². The van der Waals surface area contributed by atoms with E-state index in [9.17, 15) is 14.4 Å².